The van der Waals surface area contributed by atoms with Crippen LogP contribution in [0.25, 0.3) is 16.5 Å². The first-order valence-corrected chi connectivity index (χ1v) is 11.6. The van der Waals surface area contributed by atoms with Gasteiger partial charge >= 0.3 is 0 Å². The largest absolute Gasteiger partial charge is 0.492 e. The number of primary amides is 1. The number of aromatic nitrogens is 3. The number of thiazole rings is 1. The molecule has 0 radical (unpaired) electrons. The summed E-state index contributed by atoms with van der Waals surface area (Å²) in [7, 11) is 0. The number of carbonyl (C=O) groups is 1. The number of hydrogen-bond acceptors (Lipinski definition) is 7. The fraction of sp³-hybridized carbons (Fsp3) is 0.286. The van der Waals surface area contributed by atoms with Crippen LogP contribution in [0, 0.1) is 5.92 Å². The van der Waals surface area contributed by atoms with Gasteiger partial charge in [0.05, 0.1) is 17.2 Å². The Morgan fingerprint density at radius 2 is 2.06 bits per heavy atom. The van der Waals surface area contributed by atoms with E-state index in [-0.39, 0.29) is 23.7 Å². The third-order valence-corrected chi connectivity index (χ3v) is 7.38. The molecule has 11 heteroatoms. The summed E-state index contributed by atoms with van der Waals surface area (Å²) >= 11 is 14.0. The Hall–Kier alpha value is -2.59. The van der Waals surface area contributed by atoms with E-state index in [0.717, 1.165) is 5.56 Å². The molecule has 4 aromatic rings. The topological polar surface area (TPSA) is 110 Å². The Balaban J connectivity index is 1.57. The van der Waals surface area contributed by atoms with Crippen LogP contribution in [0.4, 0.5) is 0 Å². The van der Waals surface area contributed by atoms with Gasteiger partial charge < -0.3 is 15.3 Å². The summed E-state index contributed by atoms with van der Waals surface area (Å²) in [6, 6.07) is 8.48. The van der Waals surface area contributed by atoms with E-state index >= 15 is 0 Å². The van der Waals surface area contributed by atoms with E-state index < -0.39 is 0 Å². The Morgan fingerprint density at radius 3 is 2.69 bits per heavy atom. The minimum absolute atomic E-state index is 0.0108. The van der Waals surface area contributed by atoms with Crippen LogP contribution in [0.15, 0.2) is 41.0 Å². The lowest BCUT2D eigenvalue weighted by Gasteiger charge is -2.36. The van der Waals surface area contributed by atoms with Gasteiger partial charge in [-0.05, 0) is 55.8 Å². The van der Waals surface area contributed by atoms with Gasteiger partial charge in [0.25, 0.3) is 0 Å². The van der Waals surface area contributed by atoms with Crippen molar-refractivity contribution in [1.29, 1.82) is 0 Å². The standard InChI is InChI=1S/C21H19Cl2N5O3S/c22-12-3-4-13(14(23)10-12)16(27-7-5-11(6-8-27)18(24)29)17-20(30)28-21(32-17)25-19(26-28)15-2-1-9-31-15/h1-4,9-11,16,30H,5-8H2,(H2,24,29). The first-order chi connectivity index (χ1) is 15.4. The van der Waals surface area contributed by atoms with Gasteiger partial charge in [0.15, 0.2) is 5.76 Å². The van der Waals surface area contributed by atoms with Gasteiger partial charge in [-0.15, -0.1) is 5.10 Å². The molecule has 1 unspecified atom stereocenters. The van der Waals surface area contributed by atoms with E-state index in [1.54, 1.807) is 30.5 Å². The second-order valence-corrected chi connectivity index (χ2v) is 9.53. The number of amides is 1. The molecular formula is C21H19Cl2N5O3S. The molecular weight excluding hydrogens is 473 g/mol. The summed E-state index contributed by atoms with van der Waals surface area (Å²) in [6.07, 6.45) is 2.83. The van der Waals surface area contributed by atoms with E-state index in [2.05, 4.69) is 15.0 Å². The van der Waals surface area contributed by atoms with Gasteiger partial charge in [-0.3, -0.25) is 9.69 Å². The van der Waals surface area contributed by atoms with Crippen LogP contribution in [0.3, 0.4) is 0 Å². The Bertz CT molecular complexity index is 1280. The highest BCUT2D eigenvalue weighted by atomic mass is 35.5. The predicted molar refractivity (Wildman–Crippen MR) is 122 cm³/mol. The average molecular weight is 492 g/mol. The number of furan rings is 1. The molecule has 1 aliphatic rings. The molecule has 1 aromatic carbocycles. The SMILES string of the molecule is NC(=O)C1CCN(C(c2ccc(Cl)cc2Cl)c2sc3nc(-c4ccco4)nn3c2O)CC1. The maximum Gasteiger partial charge on any atom is 0.230 e. The summed E-state index contributed by atoms with van der Waals surface area (Å²) in [4.78, 5) is 19.5. The van der Waals surface area contributed by atoms with Crippen LogP contribution in [-0.4, -0.2) is 43.6 Å². The molecule has 166 valence electrons. The molecule has 1 saturated heterocycles. The van der Waals surface area contributed by atoms with Crippen LogP contribution in [0.1, 0.15) is 29.3 Å². The maximum atomic E-state index is 11.6. The summed E-state index contributed by atoms with van der Waals surface area (Å²) in [6.45, 7) is 1.25. The summed E-state index contributed by atoms with van der Waals surface area (Å²) in [5.74, 6) is 0.472. The van der Waals surface area contributed by atoms with Crippen molar-refractivity contribution in [3.63, 3.8) is 0 Å². The number of benzene rings is 1. The normalized spacial score (nSPS) is 16.6. The smallest absolute Gasteiger partial charge is 0.230 e. The highest BCUT2D eigenvalue weighted by Gasteiger charge is 2.34. The molecule has 5 rings (SSSR count). The Labute approximate surface area is 197 Å². The number of hydrogen-bond donors (Lipinski definition) is 2. The summed E-state index contributed by atoms with van der Waals surface area (Å²) < 4.78 is 6.77. The molecule has 32 heavy (non-hydrogen) atoms. The molecule has 0 aliphatic carbocycles. The fourth-order valence-electron chi connectivity index (χ4n) is 4.11. The van der Waals surface area contributed by atoms with Crippen LogP contribution < -0.4 is 5.73 Å². The van der Waals surface area contributed by atoms with Gasteiger partial charge in [-0.1, -0.05) is 40.6 Å². The lowest BCUT2D eigenvalue weighted by molar-refractivity contribution is -0.123. The molecule has 4 heterocycles. The zero-order chi connectivity index (χ0) is 22.4. The number of aromatic hydroxyl groups is 1. The predicted octanol–water partition coefficient (Wildman–Crippen LogP) is 4.35. The third-order valence-electron chi connectivity index (χ3n) is 5.74. The minimum atomic E-state index is -0.353. The highest BCUT2D eigenvalue weighted by Crippen LogP contribution is 2.44. The summed E-state index contributed by atoms with van der Waals surface area (Å²) in [5.41, 5.74) is 6.31. The van der Waals surface area contributed by atoms with Crippen molar-refractivity contribution < 1.29 is 14.3 Å². The number of nitrogens with zero attached hydrogens (tertiary/aromatic N) is 4. The number of fused-ring (bicyclic) bond motifs is 1. The van der Waals surface area contributed by atoms with Crippen LogP contribution in [0.2, 0.25) is 10.0 Å². The lowest BCUT2D eigenvalue weighted by atomic mass is 9.93. The zero-order valence-corrected chi connectivity index (χ0v) is 19.1. The van der Waals surface area contributed by atoms with Gasteiger partial charge in [-0.2, -0.15) is 9.50 Å². The van der Waals surface area contributed by atoms with E-state index in [0.29, 0.717) is 57.4 Å². The van der Waals surface area contributed by atoms with Crippen molar-refractivity contribution in [2.75, 3.05) is 13.1 Å². The van der Waals surface area contributed by atoms with Crippen molar-refractivity contribution >= 4 is 45.4 Å². The van der Waals surface area contributed by atoms with Crippen molar-refractivity contribution in [1.82, 2.24) is 19.5 Å². The van der Waals surface area contributed by atoms with Crippen molar-refractivity contribution in [3.8, 4) is 17.5 Å². The number of piperidine rings is 1. The number of carbonyl (C=O) groups excluding carboxylic acids is 1. The fourth-order valence-corrected chi connectivity index (χ4v) is 5.73. The minimum Gasteiger partial charge on any atom is -0.492 e. The molecule has 0 bridgehead atoms. The third kappa shape index (κ3) is 3.75. The molecule has 1 aliphatic heterocycles. The van der Waals surface area contributed by atoms with Crippen molar-refractivity contribution in [2.45, 2.75) is 18.9 Å². The molecule has 3 aromatic heterocycles. The molecule has 8 nitrogen and oxygen atoms in total. The number of likely N-dealkylation sites (tertiary alicyclic amines) is 1. The molecule has 3 N–H and O–H groups in total. The molecule has 0 spiro atoms. The number of rotatable bonds is 5. The van der Waals surface area contributed by atoms with Gasteiger partial charge in [0.2, 0.25) is 22.6 Å². The van der Waals surface area contributed by atoms with Gasteiger partial charge in [-0.25, -0.2) is 0 Å². The highest BCUT2D eigenvalue weighted by molar-refractivity contribution is 7.17. The van der Waals surface area contributed by atoms with Crippen molar-refractivity contribution in [3.05, 3.63) is 57.1 Å². The van der Waals surface area contributed by atoms with Gasteiger partial charge in [0.1, 0.15) is 0 Å². The first kappa shape index (κ1) is 21.3. The molecule has 0 saturated carbocycles. The monoisotopic (exact) mass is 491 g/mol. The van der Waals surface area contributed by atoms with Gasteiger partial charge in [0, 0.05) is 16.0 Å². The van der Waals surface area contributed by atoms with E-state index in [1.165, 1.54) is 15.9 Å². The number of halogens is 2. The molecule has 1 fully saturated rings. The van der Waals surface area contributed by atoms with Crippen LogP contribution in [0.5, 0.6) is 5.88 Å². The van der Waals surface area contributed by atoms with E-state index in [9.17, 15) is 9.90 Å². The quantitative estimate of drug-likeness (QED) is 0.429. The second kappa shape index (κ2) is 8.40. The van der Waals surface area contributed by atoms with Crippen LogP contribution in [-0.2, 0) is 4.79 Å². The zero-order valence-electron chi connectivity index (χ0n) is 16.7. The summed E-state index contributed by atoms with van der Waals surface area (Å²) in [5, 5.41) is 16.5. The first-order valence-electron chi connectivity index (χ1n) is 10.0. The van der Waals surface area contributed by atoms with Crippen molar-refractivity contribution in [2.24, 2.45) is 11.7 Å². The maximum absolute atomic E-state index is 11.6. The Kier molecular flexibility index (Phi) is 5.58. The lowest BCUT2D eigenvalue weighted by Crippen LogP contribution is -2.40. The van der Waals surface area contributed by atoms with Crippen LogP contribution >= 0.6 is 34.5 Å². The molecule has 1 atom stereocenters. The average Bonchev–Trinajstić information content (AvgIpc) is 3.49. The van der Waals surface area contributed by atoms with E-state index in [4.69, 9.17) is 33.4 Å². The second-order valence-electron chi connectivity index (χ2n) is 7.68. The number of nitrogens with two attached hydrogens (primary N) is 1. The van der Waals surface area contributed by atoms with E-state index in [1.807, 2.05) is 6.07 Å². The molecule has 1 amide bonds. The Morgan fingerprint density at radius 1 is 1.28 bits per heavy atom.